The summed E-state index contributed by atoms with van der Waals surface area (Å²) < 4.78 is 7.34. The van der Waals surface area contributed by atoms with Crippen molar-refractivity contribution in [2.45, 2.75) is 69.6 Å². The van der Waals surface area contributed by atoms with Crippen LogP contribution in [0, 0.1) is 5.92 Å². The maximum Gasteiger partial charge on any atom is 0.248 e. The van der Waals surface area contributed by atoms with E-state index in [1.807, 2.05) is 7.11 Å². The lowest BCUT2D eigenvalue weighted by atomic mass is 9.82. The third-order valence-corrected chi connectivity index (χ3v) is 9.83. The van der Waals surface area contributed by atoms with Gasteiger partial charge in [-0.05, 0) is 91.8 Å². The summed E-state index contributed by atoms with van der Waals surface area (Å²) in [5.41, 5.74) is 14.8. The number of ether oxygens (including phenoxy) is 1. The van der Waals surface area contributed by atoms with Crippen LogP contribution in [0.1, 0.15) is 47.9 Å². The summed E-state index contributed by atoms with van der Waals surface area (Å²) in [6.07, 6.45) is 9.41. The molecule has 2 aromatic carbocycles. The van der Waals surface area contributed by atoms with Gasteiger partial charge in [0.25, 0.3) is 0 Å². The number of nitrogens with one attached hydrogen (secondary N) is 1. The number of benzene rings is 2. The van der Waals surface area contributed by atoms with Crippen LogP contribution in [0.5, 0.6) is 0 Å². The molecule has 4 heterocycles. The Morgan fingerprint density at radius 2 is 1.78 bits per heavy atom. The van der Waals surface area contributed by atoms with Crippen molar-refractivity contribution in [2.24, 2.45) is 5.92 Å². The second-order valence-corrected chi connectivity index (χ2v) is 12.1. The second-order valence-electron chi connectivity index (χ2n) is 12.1. The first-order chi connectivity index (χ1) is 20.1. The van der Waals surface area contributed by atoms with Crippen LogP contribution in [0.4, 0.5) is 17.6 Å². The Morgan fingerprint density at radius 1 is 0.927 bits per heavy atom. The Kier molecular flexibility index (Phi) is 6.03. The average molecular weight is 549 g/mol. The standard InChI is InChI=1S/C32H36N8O/c1-41-30-23-16-27(30)39(18-23)25-13-10-19-9-12-24(15-21(19)11-14-25)34-32-35-31(33)40(38-32)28-17-22-7-4-6-20-5-2-3-8-26(20)29(22)37-36-28/h2-3,5,8-9,12,15,17,23,25,27,30H,4,6-7,10-11,13-14,16,18H2,1H3,(H3,33,34,35,38)/t23?,25-,27?,30-/m0/s1. The van der Waals surface area contributed by atoms with Gasteiger partial charge in [0.05, 0.1) is 11.8 Å². The fourth-order valence-electron chi connectivity index (χ4n) is 7.73. The zero-order chi connectivity index (χ0) is 27.5. The average Bonchev–Trinajstić information content (AvgIpc) is 3.59. The van der Waals surface area contributed by atoms with Crippen LogP contribution in [0.2, 0.25) is 0 Å². The smallest absolute Gasteiger partial charge is 0.248 e. The van der Waals surface area contributed by atoms with Crippen LogP contribution < -0.4 is 11.1 Å². The number of rotatable bonds is 5. The molecule has 9 heteroatoms. The quantitative estimate of drug-likeness (QED) is 0.351. The highest BCUT2D eigenvalue weighted by Crippen LogP contribution is 2.45. The van der Waals surface area contributed by atoms with Crippen molar-refractivity contribution in [1.29, 1.82) is 0 Å². The van der Waals surface area contributed by atoms with Gasteiger partial charge in [-0.15, -0.1) is 15.3 Å². The third-order valence-electron chi connectivity index (χ3n) is 9.83. The van der Waals surface area contributed by atoms with Crippen molar-refractivity contribution in [2.75, 3.05) is 24.7 Å². The zero-order valence-corrected chi connectivity index (χ0v) is 23.5. The van der Waals surface area contributed by atoms with E-state index in [9.17, 15) is 0 Å². The highest BCUT2D eigenvalue weighted by molar-refractivity contribution is 5.68. The van der Waals surface area contributed by atoms with Gasteiger partial charge in [0, 0.05) is 42.9 Å². The molecule has 0 amide bonds. The van der Waals surface area contributed by atoms with Gasteiger partial charge in [-0.3, -0.25) is 4.90 Å². The highest BCUT2D eigenvalue weighted by atomic mass is 16.5. The molecule has 2 aromatic heterocycles. The highest BCUT2D eigenvalue weighted by Gasteiger charge is 2.53. The summed E-state index contributed by atoms with van der Waals surface area (Å²) >= 11 is 0. The molecule has 4 atom stereocenters. The molecular weight excluding hydrogens is 512 g/mol. The van der Waals surface area contributed by atoms with Crippen LogP contribution in [0.15, 0.2) is 48.5 Å². The van der Waals surface area contributed by atoms with E-state index in [0.717, 1.165) is 55.0 Å². The van der Waals surface area contributed by atoms with Gasteiger partial charge in [0.15, 0.2) is 5.82 Å². The molecule has 9 rings (SSSR count). The van der Waals surface area contributed by atoms with E-state index < -0.39 is 0 Å². The summed E-state index contributed by atoms with van der Waals surface area (Å²) in [6, 6.07) is 18.4. The molecule has 2 aliphatic heterocycles. The molecule has 210 valence electrons. The van der Waals surface area contributed by atoms with Gasteiger partial charge in [-0.2, -0.15) is 9.67 Å². The molecule has 2 saturated heterocycles. The predicted octanol–water partition coefficient (Wildman–Crippen LogP) is 4.51. The molecule has 1 saturated carbocycles. The molecule has 2 unspecified atom stereocenters. The minimum absolute atomic E-state index is 0.284. The fraction of sp³-hybridized carbons (Fsp3) is 0.438. The number of hydrogen-bond acceptors (Lipinski definition) is 8. The van der Waals surface area contributed by atoms with Crippen molar-refractivity contribution < 1.29 is 4.74 Å². The van der Waals surface area contributed by atoms with Crippen LogP contribution >= 0.6 is 0 Å². The van der Waals surface area contributed by atoms with E-state index in [1.54, 1.807) is 4.68 Å². The number of nitrogens with two attached hydrogens (primary N) is 1. The number of anilines is 3. The summed E-state index contributed by atoms with van der Waals surface area (Å²) in [7, 11) is 1.87. The van der Waals surface area contributed by atoms with Crippen molar-refractivity contribution in [3.63, 3.8) is 0 Å². The van der Waals surface area contributed by atoms with E-state index in [4.69, 9.17) is 10.5 Å². The number of methoxy groups -OCH3 is 1. The molecule has 41 heavy (non-hydrogen) atoms. The molecule has 5 aliphatic rings. The third kappa shape index (κ3) is 4.30. The largest absolute Gasteiger partial charge is 0.379 e. The Balaban J connectivity index is 0.991. The number of hydrogen-bond donors (Lipinski definition) is 2. The first-order valence-electron chi connectivity index (χ1n) is 15.0. The van der Waals surface area contributed by atoms with Crippen molar-refractivity contribution >= 4 is 17.6 Å². The minimum Gasteiger partial charge on any atom is -0.379 e. The Morgan fingerprint density at radius 3 is 2.66 bits per heavy atom. The van der Waals surface area contributed by atoms with Crippen molar-refractivity contribution in [1.82, 2.24) is 29.9 Å². The predicted molar refractivity (Wildman–Crippen MR) is 158 cm³/mol. The summed E-state index contributed by atoms with van der Waals surface area (Å²) in [5, 5.41) is 17.2. The SMILES string of the molecule is CO[C@H]1C2CC1N([C@H]1CCc3ccc(Nc4nc(N)n(-c5cc6c(nn5)-c5ccccc5CCC6)n4)cc3CC1)C2. The van der Waals surface area contributed by atoms with E-state index in [1.165, 1.54) is 48.1 Å². The minimum atomic E-state index is 0.284. The van der Waals surface area contributed by atoms with Gasteiger partial charge < -0.3 is 15.8 Å². The Hall–Kier alpha value is -3.82. The molecule has 0 spiro atoms. The summed E-state index contributed by atoms with van der Waals surface area (Å²) in [6.45, 7) is 1.20. The molecule has 0 radical (unpaired) electrons. The van der Waals surface area contributed by atoms with Gasteiger partial charge in [-0.1, -0.05) is 30.3 Å². The van der Waals surface area contributed by atoms with Crippen LogP contribution in [-0.2, 0) is 30.4 Å². The molecule has 3 fully saturated rings. The number of nitrogens with zero attached hydrogens (tertiary/aromatic N) is 6. The van der Waals surface area contributed by atoms with E-state index in [-0.39, 0.29) is 5.95 Å². The van der Waals surface area contributed by atoms with Crippen LogP contribution in [-0.4, -0.2) is 61.7 Å². The molecule has 9 nitrogen and oxygen atoms in total. The van der Waals surface area contributed by atoms with Crippen molar-refractivity contribution in [3.05, 3.63) is 70.8 Å². The van der Waals surface area contributed by atoms with E-state index in [0.29, 0.717) is 30.0 Å². The lowest BCUT2D eigenvalue weighted by Crippen LogP contribution is -2.47. The van der Waals surface area contributed by atoms with Crippen LogP contribution in [0.3, 0.4) is 0 Å². The second kappa shape index (κ2) is 9.92. The normalized spacial score (nSPS) is 24.9. The molecule has 2 bridgehead atoms. The molecule has 3 N–H and O–H groups in total. The molecular formula is C32H36N8O. The molecule has 4 aromatic rings. The fourth-order valence-corrected chi connectivity index (χ4v) is 7.73. The first kappa shape index (κ1) is 24.9. The summed E-state index contributed by atoms with van der Waals surface area (Å²) in [4.78, 5) is 7.25. The van der Waals surface area contributed by atoms with Crippen LogP contribution in [0.25, 0.3) is 17.1 Å². The Labute approximate surface area is 240 Å². The van der Waals surface area contributed by atoms with Gasteiger partial charge >= 0.3 is 0 Å². The van der Waals surface area contributed by atoms with Gasteiger partial charge in [-0.25, -0.2) is 0 Å². The van der Waals surface area contributed by atoms with Gasteiger partial charge in [0.2, 0.25) is 11.9 Å². The maximum absolute atomic E-state index is 6.32. The Bertz CT molecular complexity index is 1620. The number of fused-ring (bicyclic) bond motifs is 5. The number of nitrogen functional groups attached to an aromatic ring is 1. The lowest BCUT2D eigenvalue weighted by molar-refractivity contribution is -0.0234. The maximum atomic E-state index is 6.32. The first-order valence-corrected chi connectivity index (χ1v) is 15.0. The van der Waals surface area contributed by atoms with Gasteiger partial charge in [0.1, 0.15) is 0 Å². The lowest BCUT2D eigenvalue weighted by Gasteiger charge is -2.38. The number of aromatic nitrogens is 5. The topological polar surface area (TPSA) is 107 Å². The van der Waals surface area contributed by atoms with E-state index in [2.05, 4.69) is 79.0 Å². The monoisotopic (exact) mass is 548 g/mol. The van der Waals surface area contributed by atoms with Crippen molar-refractivity contribution in [3.8, 4) is 17.1 Å². The zero-order valence-electron chi connectivity index (χ0n) is 23.5. The number of aryl methyl sites for hydroxylation is 4. The summed E-state index contributed by atoms with van der Waals surface area (Å²) in [5.74, 6) is 2.06. The molecule has 3 aliphatic carbocycles. The van der Waals surface area contributed by atoms with E-state index >= 15 is 0 Å².